The van der Waals surface area contributed by atoms with Crippen molar-refractivity contribution in [2.24, 2.45) is 0 Å². The number of thiazole rings is 1. The van der Waals surface area contributed by atoms with E-state index in [4.69, 9.17) is 5.10 Å². The van der Waals surface area contributed by atoms with E-state index in [0.717, 1.165) is 40.1 Å². The van der Waals surface area contributed by atoms with Gasteiger partial charge in [-0.15, -0.1) is 26.6 Å². The molecule has 0 atom stereocenters. The fourth-order valence-corrected chi connectivity index (χ4v) is 3.77. The summed E-state index contributed by atoms with van der Waals surface area (Å²) >= 11 is 3.30. The smallest absolute Gasteiger partial charge is 0.186 e. The van der Waals surface area contributed by atoms with Crippen molar-refractivity contribution in [1.29, 1.82) is 0 Å². The third-order valence-electron chi connectivity index (χ3n) is 3.46. The van der Waals surface area contributed by atoms with Gasteiger partial charge in [0.15, 0.2) is 11.5 Å². The van der Waals surface area contributed by atoms with Crippen LogP contribution in [0.3, 0.4) is 0 Å². The van der Waals surface area contributed by atoms with Gasteiger partial charge < -0.3 is 4.90 Å². The van der Waals surface area contributed by atoms with E-state index in [9.17, 15) is 0 Å². The van der Waals surface area contributed by atoms with Crippen LogP contribution in [-0.4, -0.2) is 31.8 Å². The molecule has 4 rings (SSSR count). The highest BCUT2D eigenvalue weighted by molar-refractivity contribution is 7.09. The molecule has 0 aliphatic carbocycles. The second-order valence-corrected chi connectivity index (χ2v) is 6.96. The lowest BCUT2D eigenvalue weighted by Crippen LogP contribution is -2.18. The lowest BCUT2D eigenvalue weighted by molar-refractivity contribution is 0.835. The standard InChI is InChI=1S/C15H14N6S2/c1-10-8-23-14(16-10)7-20(2)13-4-3-12-17-18-15(21(12)19-13)11-5-6-22-9-11/h3-6,8-9H,7H2,1-2H3. The predicted octanol–water partition coefficient (Wildman–Crippen LogP) is 3.25. The Bertz CT molecular complexity index is 940. The maximum Gasteiger partial charge on any atom is 0.186 e. The van der Waals surface area contributed by atoms with Crippen molar-refractivity contribution in [2.45, 2.75) is 13.5 Å². The van der Waals surface area contributed by atoms with Crippen LogP contribution < -0.4 is 4.90 Å². The molecule has 23 heavy (non-hydrogen) atoms. The number of nitrogens with zero attached hydrogens (tertiary/aromatic N) is 6. The van der Waals surface area contributed by atoms with Gasteiger partial charge in [-0.2, -0.15) is 15.9 Å². The molecule has 0 saturated heterocycles. The number of hydrogen-bond acceptors (Lipinski definition) is 7. The molecule has 0 N–H and O–H groups in total. The van der Waals surface area contributed by atoms with E-state index in [-0.39, 0.29) is 0 Å². The van der Waals surface area contributed by atoms with Gasteiger partial charge >= 0.3 is 0 Å². The summed E-state index contributed by atoms with van der Waals surface area (Å²) in [6, 6.07) is 5.92. The fourth-order valence-electron chi connectivity index (χ4n) is 2.31. The normalized spacial score (nSPS) is 11.2. The van der Waals surface area contributed by atoms with Crippen molar-refractivity contribution < 1.29 is 0 Å². The number of aromatic nitrogens is 5. The fraction of sp³-hybridized carbons (Fsp3) is 0.200. The minimum absolute atomic E-state index is 0.729. The molecule has 0 radical (unpaired) electrons. The van der Waals surface area contributed by atoms with Crippen molar-refractivity contribution in [3.05, 3.63) is 45.0 Å². The zero-order valence-electron chi connectivity index (χ0n) is 12.7. The highest BCUT2D eigenvalue weighted by Gasteiger charge is 2.12. The van der Waals surface area contributed by atoms with Gasteiger partial charge in [0.25, 0.3) is 0 Å². The van der Waals surface area contributed by atoms with Crippen LogP contribution >= 0.6 is 22.7 Å². The SMILES string of the molecule is Cc1csc(CN(C)c2ccc3nnc(-c4ccsc4)n3n2)n1. The molecule has 0 amide bonds. The predicted molar refractivity (Wildman–Crippen MR) is 93.1 cm³/mol. The van der Waals surface area contributed by atoms with Crippen LogP contribution in [0.25, 0.3) is 17.0 Å². The molecule has 0 unspecified atom stereocenters. The second kappa shape index (κ2) is 5.71. The molecule has 0 bridgehead atoms. The summed E-state index contributed by atoms with van der Waals surface area (Å²) in [7, 11) is 2.01. The highest BCUT2D eigenvalue weighted by atomic mass is 32.1. The molecule has 0 aromatic carbocycles. The van der Waals surface area contributed by atoms with Gasteiger partial charge in [0.1, 0.15) is 10.8 Å². The Labute approximate surface area is 141 Å². The Morgan fingerprint density at radius 2 is 2.09 bits per heavy atom. The first-order valence-corrected chi connectivity index (χ1v) is 8.90. The number of hydrogen-bond donors (Lipinski definition) is 0. The van der Waals surface area contributed by atoms with Gasteiger partial charge in [-0.05, 0) is 30.5 Å². The van der Waals surface area contributed by atoms with Gasteiger partial charge in [-0.1, -0.05) is 0 Å². The topological polar surface area (TPSA) is 59.2 Å². The van der Waals surface area contributed by atoms with Crippen molar-refractivity contribution in [1.82, 2.24) is 24.8 Å². The summed E-state index contributed by atoms with van der Waals surface area (Å²) < 4.78 is 1.79. The third kappa shape index (κ3) is 2.71. The Balaban J connectivity index is 1.69. The quantitative estimate of drug-likeness (QED) is 0.570. The van der Waals surface area contributed by atoms with Crippen molar-refractivity contribution in [3.8, 4) is 11.4 Å². The van der Waals surface area contributed by atoms with Crippen LogP contribution in [0.15, 0.2) is 34.3 Å². The van der Waals surface area contributed by atoms with E-state index >= 15 is 0 Å². The van der Waals surface area contributed by atoms with Crippen LogP contribution in [0.5, 0.6) is 0 Å². The third-order valence-corrected chi connectivity index (χ3v) is 5.09. The summed E-state index contributed by atoms with van der Waals surface area (Å²) in [5, 5.41) is 20.4. The van der Waals surface area contributed by atoms with Gasteiger partial charge in [-0.25, -0.2) is 4.98 Å². The lowest BCUT2D eigenvalue weighted by atomic mass is 10.3. The Hall–Kier alpha value is -2.32. The monoisotopic (exact) mass is 342 g/mol. The second-order valence-electron chi connectivity index (χ2n) is 5.24. The van der Waals surface area contributed by atoms with Crippen molar-refractivity contribution in [2.75, 3.05) is 11.9 Å². The molecule has 4 aromatic rings. The van der Waals surface area contributed by atoms with Crippen LogP contribution in [0.4, 0.5) is 5.82 Å². The van der Waals surface area contributed by atoms with E-state index in [2.05, 4.69) is 25.5 Å². The molecular formula is C15H14N6S2. The number of rotatable bonds is 4. The Morgan fingerprint density at radius 1 is 1.17 bits per heavy atom. The van der Waals surface area contributed by atoms with E-state index in [0.29, 0.717) is 0 Å². The maximum absolute atomic E-state index is 4.69. The van der Waals surface area contributed by atoms with Gasteiger partial charge in [0.2, 0.25) is 0 Å². The first-order valence-electron chi connectivity index (χ1n) is 7.08. The summed E-state index contributed by atoms with van der Waals surface area (Å²) in [4.78, 5) is 6.58. The molecule has 0 aliphatic rings. The van der Waals surface area contributed by atoms with Gasteiger partial charge in [0.05, 0.1) is 6.54 Å². The Morgan fingerprint density at radius 3 is 2.83 bits per heavy atom. The van der Waals surface area contributed by atoms with Gasteiger partial charge in [-0.3, -0.25) is 0 Å². The summed E-state index contributed by atoms with van der Waals surface area (Å²) in [5.74, 6) is 1.63. The molecule has 0 fully saturated rings. The molecule has 0 saturated carbocycles. The number of fused-ring (bicyclic) bond motifs is 1. The van der Waals surface area contributed by atoms with Crippen molar-refractivity contribution in [3.63, 3.8) is 0 Å². The van der Waals surface area contributed by atoms with Gasteiger partial charge in [0, 0.05) is 29.1 Å². The molecular weight excluding hydrogens is 328 g/mol. The molecule has 8 heteroatoms. The average Bonchev–Trinajstić information content (AvgIpc) is 3.26. The van der Waals surface area contributed by atoms with E-state index < -0.39 is 0 Å². The molecule has 4 heterocycles. The first kappa shape index (κ1) is 14.3. The van der Waals surface area contributed by atoms with Crippen LogP contribution in [0.1, 0.15) is 10.7 Å². The zero-order valence-corrected chi connectivity index (χ0v) is 14.3. The largest absolute Gasteiger partial charge is 0.351 e. The first-order chi connectivity index (χ1) is 11.2. The van der Waals surface area contributed by atoms with E-state index in [1.54, 1.807) is 27.2 Å². The van der Waals surface area contributed by atoms with Crippen LogP contribution in [0, 0.1) is 6.92 Å². The van der Waals surface area contributed by atoms with Crippen LogP contribution in [0.2, 0.25) is 0 Å². The number of aryl methyl sites for hydroxylation is 1. The van der Waals surface area contributed by atoms with Crippen molar-refractivity contribution >= 4 is 34.1 Å². The van der Waals surface area contributed by atoms with E-state index in [1.165, 1.54) is 0 Å². The molecule has 0 spiro atoms. The minimum Gasteiger partial charge on any atom is -0.351 e. The average molecular weight is 342 g/mol. The molecule has 4 aromatic heterocycles. The summed E-state index contributed by atoms with van der Waals surface area (Å²) in [5.41, 5.74) is 2.83. The van der Waals surface area contributed by atoms with E-state index in [1.807, 2.05) is 42.9 Å². The van der Waals surface area contributed by atoms with Crippen LogP contribution in [-0.2, 0) is 6.54 Å². The Kier molecular flexibility index (Phi) is 3.55. The number of anilines is 1. The zero-order chi connectivity index (χ0) is 15.8. The molecule has 116 valence electrons. The summed E-state index contributed by atoms with van der Waals surface area (Å²) in [6.45, 7) is 2.74. The maximum atomic E-state index is 4.69. The molecule has 0 aliphatic heterocycles. The molecule has 6 nitrogen and oxygen atoms in total. The lowest BCUT2D eigenvalue weighted by Gasteiger charge is -2.16. The number of thiophene rings is 1. The highest BCUT2D eigenvalue weighted by Crippen LogP contribution is 2.22. The minimum atomic E-state index is 0.729. The summed E-state index contributed by atoms with van der Waals surface area (Å²) in [6.07, 6.45) is 0.